The fourth-order valence-corrected chi connectivity index (χ4v) is 4.68. The Balaban J connectivity index is 0.00000196. The normalized spacial score (nSPS) is 14.4. The van der Waals surface area contributed by atoms with Gasteiger partial charge in [0.15, 0.2) is 0 Å². The van der Waals surface area contributed by atoms with Crippen LogP contribution in [0.3, 0.4) is 0 Å². The van der Waals surface area contributed by atoms with Crippen LogP contribution in [0.4, 0.5) is 0 Å². The fraction of sp³-hybridized carbons (Fsp3) is 0.450. The molecule has 0 bridgehead atoms. The molecule has 0 fully saturated rings. The van der Waals surface area contributed by atoms with E-state index in [1.54, 1.807) is 11.8 Å². The molecule has 3 rings (SSSR count). The minimum Gasteiger partial charge on any atom is -0.354 e. The van der Waals surface area contributed by atoms with Gasteiger partial charge in [-0.15, -0.1) is 47.9 Å². The van der Waals surface area contributed by atoms with Crippen LogP contribution in [0.5, 0.6) is 0 Å². The summed E-state index contributed by atoms with van der Waals surface area (Å²) in [6.45, 7) is 3.18. The molecule has 156 valence electrons. The van der Waals surface area contributed by atoms with Gasteiger partial charge in [0.25, 0.3) is 0 Å². The molecule has 2 aromatic rings. The molecule has 0 saturated carbocycles. The van der Waals surface area contributed by atoms with E-state index in [1.807, 2.05) is 11.3 Å². The zero-order chi connectivity index (χ0) is 18.4. The Morgan fingerprint density at radius 2 is 2.04 bits per heavy atom. The van der Waals surface area contributed by atoms with Crippen LogP contribution >= 0.6 is 47.9 Å². The van der Waals surface area contributed by atoms with Crippen LogP contribution < -0.4 is 11.1 Å². The first kappa shape index (κ1) is 25.3. The highest BCUT2D eigenvalue weighted by Gasteiger charge is 2.25. The van der Waals surface area contributed by atoms with E-state index in [4.69, 9.17) is 5.73 Å². The number of benzene rings is 1. The topological polar surface area (TPSA) is 58.4 Å². The van der Waals surface area contributed by atoms with E-state index in [1.165, 1.54) is 20.9 Å². The minimum atomic E-state index is 0. The van der Waals surface area contributed by atoms with Crippen LogP contribution in [0, 0.1) is 0 Å². The molecule has 1 aromatic carbocycles. The van der Waals surface area contributed by atoms with Gasteiger partial charge in [-0.1, -0.05) is 12.1 Å². The summed E-state index contributed by atoms with van der Waals surface area (Å²) in [7, 11) is 0. The summed E-state index contributed by atoms with van der Waals surface area (Å²) < 4.78 is 0. The van der Waals surface area contributed by atoms with Crippen LogP contribution in [0.25, 0.3) is 0 Å². The van der Waals surface area contributed by atoms with Crippen molar-refractivity contribution in [3.8, 4) is 0 Å². The number of thioether (sulfide) groups is 1. The summed E-state index contributed by atoms with van der Waals surface area (Å²) in [6.07, 6.45) is 4.42. The molecule has 3 N–H and O–H groups in total. The highest BCUT2D eigenvalue weighted by Crippen LogP contribution is 2.31. The first-order chi connectivity index (χ1) is 12.7. The van der Waals surface area contributed by atoms with E-state index in [9.17, 15) is 4.79 Å². The Morgan fingerprint density at radius 3 is 2.71 bits per heavy atom. The fourth-order valence-electron chi connectivity index (χ4n) is 3.38. The standard InChI is InChI=1S/C20H27N3OS2.2ClH/c1-25-17-6-4-15(5-7-17)18(13-22-20(24)3-2-10-21)23-11-8-19-16(14-23)9-12-26-19;;/h4-7,9,12,18H,2-3,8,10-11,13-14,21H2,1H3,(H,22,24);2*1H. The average molecular weight is 463 g/mol. The quantitative estimate of drug-likeness (QED) is 0.576. The molecule has 1 aromatic heterocycles. The maximum Gasteiger partial charge on any atom is 0.220 e. The summed E-state index contributed by atoms with van der Waals surface area (Å²) in [5, 5.41) is 5.31. The lowest BCUT2D eigenvalue weighted by Crippen LogP contribution is -2.40. The lowest BCUT2D eigenvalue weighted by Gasteiger charge is -2.35. The number of fused-ring (bicyclic) bond motifs is 1. The van der Waals surface area contributed by atoms with Crippen molar-refractivity contribution in [2.75, 3.05) is 25.9 Å². The van der Waals surface area contributed by atoms with Gasteiger partial charge >= 0.3 is 0 Å². The van der Waals surface area contributed by atoms with E-state index < -0.39 is 0 Å². The van der Waals surface area contributed by atoms with Gasteiger partial charge < -0.3 is 11.1 Å². The molecule has 4 nitrogen and oxygen atoms in total. The Bertz CT molecular complexity index is 724. The van der Waals surface area contributed by atoms with Gasteiger partial charge in [-0.25, -0.2) is 0 Å². The predicted octanol–water partition coefficient (Wildman–Crippen LogP) is 4.27. The second kappa shape index (κ2) is 12.7. The van der Waals surface area contributed by atoms with E-state index in [2.05, 4.69) is 52.2 Å². The van der Waals surface area contributed by atoms with E-state index in [0.29, 0.717) is 19.5 Å². The molecular formula is C20H29Cl2N3OS2. The zero-order valence-corrected chi connectivity index (χ0v) is 19.3. The summed E-state index contributed by atoms with van der Waals surface area (Å²) >= 11 is 3.61. The lowest BCUT2D eigenvalue weighted by atomic mass is 10.0. The molecule has 1 aliphatic heterocycles. The number of carbonyl (C=O) groups excluding carboxylic acids is 1. The first-order valence-electron chi connectivity index (χ1n) is 9.11. The monoisotopic (exact) mass is 461 g/mol. The number of hydrogen-bond donors (Lipinski definition) is 2. The zero-order valence-electron chi connectivity index (χ0n) is 16.1. The van der Waals surface area contributed by atoms with E-state index in [-0.39, 0.29) is 36.8 Å². The Kier molecular flexibility index (Phi) is 11.5. The molecule has 1 aliphatic rings. The molecule has 0 radical (unpaired) electrons. The van der Waals surface area contributed by atoms with Crippen LogP contribution in [-0.2, 0) is 17.8 Å². The first-order valence-corrected chi connectivity index (χ1v) is 11.2. The van der Waals surface area contributed by atoms with Crippen molar-refractivity contribution in [3.63, 3.8) is 0 Å². The van der Waals surface area contributed by atoms with Gasteiger partial charge in [0.2, 0.25) is 5.91 Å². The van der Waals surface area contributed by atoms with Crippen molar-refractivity contribution in [1.82, 2.24) is 10.2 Å². The van der Waals surface area contributed by atoms with Crippen molar-refractivity contribution in [2.45, 2.75) is 36.7 Å². The number of carbonyl (C=O) groups is 1. The van der Waals surface area contributed by atoms with Crippen LogP contribution in [0.15, 0.2) is 40.6 Å². The Labute approximate surface area is 188 Å². The smallest absolute Gasteiger partial charge is 0.220 e. The Hall–Kier alpha value is -0.760. The third kappa shape index (κ3) is 6.65. The third-order valence-corrected chi connectivity index (χ3v) is 6.65. The van der Waals surface area contributed by atoms with Crippen molar-refractivity contribution in [2.24, 2.45) is 5.73 Å². The summed E-state index contributed by atoms with van der Waals surface area (Å²) in [5.41, 5.74) is 8.21. The average Bonchev–Trinajstić information content (AvgIpc) is 3.15. The SMILES string of the molecule is CSc1ccc(C(CNC(=O)CCCN)N2CCc3sccc3C2)cc1.Cl.Cl. The Morgan fingerprint density at radius 1 is 1.29 bits per heavy atom. The number of nitrogens with one attached hydrogen (secondary N) is 1. The van der Waals surface area contributed by atoms with Gasteiger partial charge in [0.1, 0.15) is 0 Å². The highest BCUT2D eigenvalue weighted by atomic mass is 35.5. The summed E-state index contributed by atoms with van der Waals surface area (Å²) in [4.78, 5) is 17.4. The molecular weight excluding hydrogens is 433 g/mol. The highest BCUT2D eigenvalue weighted by molar-refractivity contribution is 7.98. The number of halogens is 2. The second-order valence-electron chi connectivity index (χ2n) is 6.57. The van der Waals surface area contributed by atoms with Gasteiger partial charge in [-0.05, 0) is 60.3 Å². The van der Waals surface area contributed by atoms with Crippen molar-refractivity contribution < 1.29 is 4.79 Å². The van der Waals surface area contributed by atoms with Crippen LogP contribution in [0.1, 0.15) is 34.9 Å². The largest absolute Gasteiger partial charge is 0.354 e. The maximum absolute atomic E-state index is 12.1. The van der Waals surface area contributed by atoms with Crippen LogP contribution in [-0.4, -0.2) is 36.7 Å². The third-order valence-electron chi connectivity index (χ3n) is 4.88. The summed E-state index contributed by atoms with van der Waals surface area (Å²) in [6, 6.07) is 11.2. The summed E-state index contributed by atoms with van der Waals surface area (Å²) in [5.74, 6) is 0.0921. The molecule has 2 heterocycles. The number of amides is 1. The van der Waals surface area contributed by atoms with E-state index >= 15 is 0 Å². The molecule has 0 aliphatic carbocycles. The predicted molar refractivity (Wildman–Crippen MR) is 125 cm³/mol. The van der Waals surface area contributed by atoms with Gasteiger partial charge in [0, 0.05) is 35.8 Å². The lowest BCUT2D eigenvalue weighted by molar-refractivity contribution is -0.121. The van der Waals surface area contributed by atoms with Gasteiger partial charge in [-0.3, -0.25) is 9.69 Å². The van der Waals surface area contributed by atoms with E-state index in [0.717, 1.165) is 25.9 Å². The number of nitrogens with two attached hydrogens (primary N) is 1. The maximum atomic E-state index is 12.1. The minimum absolute atomic E-state index is 0. The molecule has 1 atom stereocenters. The van der Waals surface area contributed by atoms with Crippen LogP contribution in [0.2, 0.25) is 0 Å². The van der Waals surface area contributed by atoms with Gasteiger partial charge in [0.05, 0.1) is 6.04 Å². The molecule has 0 spiro atoms. The molecule has 1 amide bonds. The van der Waals surface area contributed by atoms with Gasteiger partial charge in [-0.2, -0.15) is 0 Å². The molecule has 0 saturated heterocycles. The molecule has 1 unspecified atom stereocenters. The number of hydrogen-bond acceptors (Lipinski definition) is 5. The molecule has 28 heavy (non-hydrogen) atoms. The number of rotatable bonds is 8. The molecule has 8 heteroatoms. The van der Waals surface area contributed by atoms with Crippen molar-refractivity contribution in [1.29, 1.82) is 0 Å². The van der Waals surface area contributed by atoms with Crippen molar-refractivity contribution in [3.05, 3.63) is 51.7 Å². The van der Waals surface area contributed by atoms with Crippen molar-refractivity contribution >= 4 is 53.8 Å². The number of thiophene rings is 1. The second-order valence-corrected chi connectivity index (χ2v) is 8.46. The number of nitrogens with zero attached hydrogens (tertiary/aromatic N) is 1.